The summed E-state index contributed by atoms with van der Waals surface area (Å²) in [5.74, 6) is -0.530. The lowest BCUT2D eigenvalue weighted by molar-refractivity contribution is -0.142. The molecular weight excluding hydrogens is 221 g/mol. The van der Waals surface area contributed by atoms with Crippen molar-refractivity contribution in [3.05, 3.63) is 35.6 Å². The zero-order valence-corrected chi connectivity index (χ0v) is 10.4. The minimum absolute atomic E-state index is 0.000926. The van der Waals surface area contributed by atoms with Gasteiger partial charge in [0.1, 0.15) is 11.9 Å². The Morgan fingerprint density at radius 2 is 2.06 bits per heavy atom. The van der Waals surface area contributed by atoms with Crippen molar-refractivity contribution in [3.8, 4) is 0 Å². The molecule has 0 aliphatic carbocycles. The number of nitrogens with one attached hydrogen (secondary N) is 1. The molecule has 0 aliphatic rings. The van der Waals surface area contributed by atoms with Gasteiger partial charge in [0.2, 0.25) is 0 Å². The second kappa shape index (κ2) is 6.35. The van der Waals surface area contributed by atoms with Crippen molar-refractivity contribution in [2.45, 2.75) is 32.4 Å². The first kappa shape index (κ1) is 13.6. The molecule has 4 heteroatoms. The molecule has 2 unspecified atom stereocenters. The Bertz CT molecular complexity index is 381. The highest BCUT2D eigenvalue weighted by Crippen LogP contribution is 2.09. The monoisotopic (exact) mass is 239 g/mol. The zero-order chi connectivity index (χ0) is 12.8. The average molecular weight is 239 g/mol. The summed E-state index contributed by atoms with van der Waals surface area (Å²) in [5.41, 5.74) is 0.643. The number of esters is 1. The number of halogens is 1. The molecule has 1 aromatic carbocycles. The van der Waals surface area contributed by atoms with Gasteiger partial charge in [0.05, 0.1) is 7.11 Å². The fourth-order valence-corrected chi connectivity index (χ4v) is 1.72. The normalized spacial score (nSPS) is 14.1. The first-order chi connectivity index (χ1) is 8.04. The van der Waals surface area contributed by atoms with Crippen molar-refractivity contribution >= 4 is 5.97 Å². The van der Waals surface area contributed by atoms with Crippen molar-refractivity contribution in [2.24, 2.45) is 0 Å². The van der Waals surface area contributed by atoms with E-state index in [9.17, 15) is 9.18 Å². The van der Waals surface area contributed by atoms with Gasteiger partial charge in [-0.05, 0) is 31.9 Å². The molecule has 2 atom stereocenters. The van der Waals surface area contributed by atoms with Crippen LogP contribution in [-0.4, -0.2) is 25.2 Å². The molecule has 0 radical (unpaired) electrons. The quantitative estimate of drug-likeness (QED) is 0.798. The van der Waals surface area contributed by atoms with Gasteiger partial charge in [-0.3, -0.25) is 4.79 Å². The number of rotatable bonds is 5. The van der Waals surface area contributed by atoms with E-state index in [0.717, 1.165) is 0 Å². The second-order valence-corrected chi connectivity index (χ2v) is 4.11. The number of hydrogen-bond donors (Lipinski definition) is 1. The van der Waals surface area contributed by atoms with Gasteiger partial charge < -0.3 is 10.1 Å². The third-order valence-corrected chi connectivity index (χ3v) is 2.57. The van der Waals surface area contributed by atoms with Gasteiger partial charge in [-0.2, -0.15) is 0 Å². The largest absolute Gasteiger partial charge is 0.468 e. The van der Waals surface area contributed by atoms with Crippen LogP contribution in [0.3, 0.4) is 0 Å². The average Bonchev–Trinajstić information content (AvgIpc) is 2.31. The van der Waals surface area contributed by atoms with E-state index >= 15 is 0 Å². The van der Waals surface area contributed by atoms with Gasteiger partial charge >= 0.3 is 5.97 Å². The van der Waals surface area contributed by atoms with Gasteiger partial charge in [0.15, 0.2) is 0 Å². The first-order valence-corrected chi connectivity index (χ1v) is 5.62. The number of methoxy groups -OCH3 is 1. The molecule has 0 fully saturated rings. The van der Waals surface area contributed by atoms with Crippen LogP contribution in [-0.2, 0) is 16.0 Å². The van der Waals surface area contributed by atoms with E-state index in [1.165, 1.54) is 13.2 Å². The van der Waals surface area contributed by atoms with Crippen molar-refractivity contribution in [1.82, 2.24) is 5.32 Å². The van der Waals surface area contributed by atoms with Crippen molar-refractivity contribution in [2.75, 3.05) is 7.11 Å². The standard InChI is InChI=1S/C13H18FNO2/c1-9(15-10(2)13(16)17-3)8-11-6-4-5-7-12(11)14/h4-7,9-10,15H,8H2,1-3H3. The minimum Gasteiger partial charge on any atom is -0.468 e. The maximum atomic E-state index is 13.4. The van der Waals surface area contributed by atoms with Crippen LogP contribution in [0.15, 0.2) is 24.3 Å². The van der Waals surface area contributed by atoms with Crippen LogP contribution in [0.1, 0.15) is 19.4 Å². The molecule has 0 aromatic heterocycles. The van der Waals surface area contributed by atoms with E-state index in [1.807, 2.05) is 6.92 Å². The molecule has 0 bridgehead atoms. The molecule has 0 saturated heterocycles. The predicted molar refractivity (Wildman–Crippen MR) is 64.2 cm³/mol. The topological polar surface area (TPSA) is 38.3 Å². The Kier molecular flexibility index (Phi) is 5.10. The first-order valence-electron chi connectivity index (χ1n) is 5.62. The third-order valence-electron chi connectivity index (χ3n) is 2.57. The van der Waals surface area contributed by atoms with E-state index < -0.39 is 0 Å². The Balaban J connectivity index is 2.53. The number of hydrogen-bond acceptors (Lipinski definition) is 3. The van der Waals surface area contributed by atoms with Crippen LogP contribution in [0.25, 0.3) is 0 Å². The molecule has 1 aromatic rings. The zero-order valence-electron chi connectivity index (χ0n) is 10.4. The molecule has 0 spiro atoms. The van der Waals surface area contributed by atoms with Crippen LogP contribution in [0.5, 0.6) is 0 Å². The van der Waals surface area contributed by atoms with E-state index in [0.29, 0.717) is 12.0 Å². The Morgan fingerprint density at radius 1 is 1.41 bits per heavy atom. The van der Waals surface area contributed by atoms with Crippen LogP contribution >= 0.6 is 0 Å². The number of ether oxygens (including phenoxy) is 1. The highest BCUT2D eigenvalue weighted by Gasteiger charge is 2.16. The fourth-order valence-electron chi connectivity index (χ4n) is 1.72. The Morgan fingerprint density at radius 3 is 2.65 bits per heavy atom. The summed E-state index contributed by atoms with van der Waals surface area (Å²) in [6, 6.07) is 6.26. The summed E-state index contributed by atoms with van der Waals surface area (Å²) in [6.45, 7) is 3.63. The molecule has 1 N–H and O–H groups in total. The lowest BCUT2D eigenvalue weighted by Crippen LogP contribution is -2.41. The molecule has 1 rings (SSSR count). The minimum atomic E-state index is -0.387. The Hall–Kier alpha value is -1.42. The SMILES string of the molecule is COC(=O)C(C)NC(C)Cc1ccccc1F. The van der Waals surface area contributed by atoms with Gasteiger partial charge in [-0.15, -0.1) is 0 Å². The van der Waals surface area contributed by atoms with E-state index in [4.69, 9.17) is 0 Å². The van der Waals surface area contributed by atoms with Gasteiger partial charge in [0, 0.05) is 6.04 Å². The number of carbonyl (C=O) groups excluding carboxylic acids is 1. The van der Waals surface area contributed by atoms with Crippen LogP contribution in [0.4, 0.5) is 4.39 Å². The van der Waals surface area contributed by atoms with Crippen LogP contribution in [0.2, 0.25) is 0 Å². The van der Waals surface area contributed by atoms with Crippen molar-refractivity contribution < 1.29 is 13.9 Å². The number of carbonyl (C=O) groups is 1. The van der Waals surface area contributed by atoms with Gasteiger partial charge in [-0.25, -0.2) is 4.39 Å². The highest BCUT2D eigenvalue weighted by molar-refractivity contribution is 5.75. The summed E-state index contributed by atoms with van der Waals surface area (Å²) in [7, 11) is 1.35. The summed E-state index contributed by atoms with van der Waals surface area (Å²) in [5, 5.41) is 3.07. The molecule has 0 heterocycles. The molecule has 0 saturated carbocycles. The summed E-state index contributed by atoms with van der Waals surface area (Å²) in [4.78, 5) is 11.2. The second-order valence-electron chi connectivity index (χ2n) is 4.11. The molecular formula is C13H18FNO2. The summed E-state index contributed by atoms with van der Waals surface area (Å²) >= 11 is 0. The third kappa shape index (κ3) is 4.15. The molecule has 0 aliphatic heterocycles. The van der Waals surface area contributed by atoms with Gasteiger partial charge in [-0.1, -0.05) is 18.2 Å². The maximum absolute atomic E-state index is 13.4. The molecule has 17 heavy (non-hydrogen) atoms. The van der Waals surface area contributed by atoms with Gasteiger partial charge in [0.25, 0.3) is 0 Å². The lowest BCUT2D eigenvalue weighted by atomic mass is 10.1. The van der Waals surface area contributed by atoms with Crippen LogP contribution in [0, 0.1) is 5.82 Å². The molecule has 0 amide bonds. The maximum Gasteiger partial charge on any atom is 0.322 e. The van der Waals surface area contributed by atoms with E-state index in [-0.39, 0.29) is 23.9 Å². The lowest BCUT2D eigenvalue weighted by Gasteiger charge is -2.18. The summed E-state index contributed by atoms with van der Waals surface area (Å²) in [6.07, 6.45) is 0.536. The molecule has 3 nitrogen and oxygen atoms in total. The van der Waals surface area contributed by atoms with Crippen molar-refractivity contribution in [1.29, 1.82) is 0 Å². The fraction of sp³-hybridized carbons (Fsp3) is 0.462. The number of benzene rings is 1. The predicted octanol–water partition coefficient (Wildman–Crippen LogP) is 1.91. The van der Waals surface area contributed by atoms with E-state index in [1.54, 1.807) is 25.1 Å². The van der Waals surface area contributed by atoms with Crippen LogP contribution < -0.4 is 5.32 Å². The van der Waals surface area contributed by atoms with Crippen molar-refractivity contribution in [3.63, 3.8) is 0 Å². The van der Waals surface area contributed by atoms with E-state index in [2.05, 4.69) is 10.1 Å². The smallest absolute Gasteiger partial charge is 0.322 e. The summed E-state index contributed by atoms with van der Waals surface area (Å²) < 4.78 is 18.0. The molecule has 94 valence electrons. The Labute approximate surface area is 101 Å². The highest BCUT2D eigenvalue weighted by atomic mass is 19.1.